The number of ether oxygens (including phenoxy) is 3. The number of hydrogen-bond acceptors (Lipinski definition) is 4. The lowest BCUT2D eigenvalue weighted by molar-refractivity contribution is 0.110. The second-order valence-corrected chi connectivity index (χ2v) is 7.39. The standard InChI is InChI=1S/C21H26BrNO3/c1-15-6-3-4-7-16(15)14-26-21-18(19(22)9-10-20(21)24-2)13-23-12-17-8-5-11-25-17/h3-4,6-7,9-10,17,23H,5,8,11-14H2,1-2H3. The predicted octanol–water partition coefficient (Wildman–Crippen LogP) is 4.61. The molecule has 1 N–H and O–H groups in total. The minimum Gasteiger partial charge on any atom is -0.493 e. The molecule has 1 aliphatic heterocycles. The monoisotopic (exact) mass is 419 g/mol. The van der Waals surface area contributed by atoms with Gasteiger partial charge in [0.1, 0.15) is 6.61 Å². The maximum Gasteiger partial charge on any atom is 0.167 e. The van der Waals surface area contributed by atoms with Gasteiger partial charge in [0.15, 0.2) is 11.5 Å². The molecule has 0 bridgehead atoms. The molecule has 1 heterocycles. The van der Waals surface area contributed by atoms with Gasteiger partial charge in [-0.2, -0.15) is 0 Å². The van der Waals surface area contributed by atoms with E-state index in [1.54, 1.807) is 7.11 Å². The molecule has 0 radical (unpaired) electrons. The molecule has 0 aliphatic carbocycles. The Morgan fingerprint density at radius 2 is 2.08 bits per heavy atom. The largest absolute Gasteiger partial charge is 0.493 e. The first-order chi connectivity index (χ1) is 12.7. The Morgan fingerprint density at radius 1 is 1.23 bits per heavy atom. The van der Waals surface area contributed by atoms with Crippen molar-refractivity contribution in [1.29, 1.82) is 0 Å². The molecule has 1 atom stereocenters. The number of rotatable bonds is 8. The SMILES string of the molecule is COc1ccc(Br)c(CNCC2CCCO2)c1OCc1ccccc1C. The zero-order chi connectivity index (χ0) is 18.4. The van der Waals surface area contributed by atoms with Crippen LogP contribution in [0.1, 0.15) is 29.5 Å². The molecule has 1 unspecified atom stereocenters. The van der Waals surface area contributed by atoms with Crippen LogP contribution < -0.4 is 14.8 Å². The van der Waals surface area contributed by atoms with Gasteiger partial charge in [0.2, 0.25) is 0 Å². The van der Waals surface area contributed by atoms with E-state index in [4.69, 9.17) is 14.2 Å². The fourth-order valence-corrected chi connectivity index (χ4v) is 3.60. The molecule has 1 fully saturated rings. The highest BCUT2D eigenvalue weighted by atomic mass is 79.9. The van der Waals surface area contributed by atoms with Gasteiger partial charge in [-0.15, -0.1) is 0 Å². The molecule has 2 aromatic carbocycles. The summed E-state index contributed by atoms with van der Waals surface area (Å²) >= 11 is 3.66. The molecule has 0 aromatic heterocycles. The molecular weight excluding hydrogens is 394 g/mol. The van der Waals surface area contributed by atoms with Crippen molar-refractivity contribution in [3.63, 3.8) is 0 Å². The van der Waals surface area contributed by atoms with E-state index < -0.39 is 0 Å². The lowest BCUT2D eigenvalue weighted by Gasteiger charge is -2.18. The molecule has 2 aromatic rings. The van der Waals surface area contributed by atoms with Gasteiger partial charge < -0.3 is 19.5 Å². The smallest absolute Gasteiger partial charge is 0.167 e. The van der Waals surface area contributed by atoms with Gasteiger partial charge >= 0.3 is 0 Å². The molecule has 1 saturated heterocycles. The van der Waals surface area contributed by atoms with Crippen molar-refractivity contribution >= 4 is 15.9 Å². The molecule has 5 heteroatoms. The molecule has 0 spiro atoms. The molecule has 0 amide bonds. The minimum atomic E-state index is 0.315. The molecule has 0 saturated carbocycles. The maximum atomic E-state index is 6.20. The molecule has 1 aliphatic rings. The van der Waals surface area contributed by atoms with E-state index in [-0.39, 0.29) is 0 Å². The van der Waals surface area contributed by atoms with E-state index >= 15 is 0 Å². The van der Waals surface area contributed by atoms with E-state index in [2.05, 4.69) is 40.3 Å². The fraction of sp³-hybridized carbons (Fsp3) is 0.429. The first kappa shape index (κ1) is 19.2. The lowest BCUT2D eigenvalue weighted by Crippen LogP contribution is -2.26. The van der Waals surface area contributed by atoms with E-state index in [0.29, 0.717) is 19.3 Å². The van der Waals surface area contributed by atoms with Crippen molar-refractivity contribution in [3.05, 3.63) is 57.6 Å². The highest BCUT2D eigenvalue weighted by molar-refractivity contribution is 9.10. The van der Waals surface area contributed by atoms with Crippen molar-refractivity contribution in [2.75, 3.05) is 20.3 Å². The Balaban J connectivity index is 1.73. The summed E-state index contributed by atoms with van der Waals surface area (Å²) in [6, 6.07) is 12.2. The van der Waals surface area contributed by atoms with Crippen LogP contribution >= 0.6 is 15.9 Å². The molecule has 3 rings (SSSR count). The predicted molar refractivity (Wildman–Crippen MR) is 107 cm³/mol. The highest BCUT2D eigenvalue weighted by Crippen LogP contribution is 2.37. The quantitative estimate of drug-likeness (QED) is 0.677. The third-order valence-corrected chi connectivity index (χ3v) is 5.46. The van der Waals surface area contributed by atoms with Crippen LogP contribution in [0, 0.1) is 6.92 Å². The van der Waals surface area contributed by atoms with Gasteiger partial charge in [-0.3, -0.25) is 0 Å². The summed E-state index contributed by atoms with van der Waals surface area (Å²) in [5.74, 6) is 1.53. The van der Waals surface area contributed by atoms with E-state index in [9.17, 15) is 0 Å². The fourth-order valence-electron chi connectivity index (χ4n) is 3.15. The van der Waals surface area contributed by atoms with Crippen LogP contribution in [-0.2, 0) is 17.9 Å². The first-order valence-corrected chi connectivity index (χ1v) is 9.83. The number of hydrogen-bond donors (Lipinski definition) is 1. The van der Waals surface area contributed by atoms with Crippen LogP contribution in [0.5, 0.6) is 11.5 Å². The van der Waals surface area contributed by atoms with E-state index in [0.717, 1.165) is 47.5 Å². The van der Waals surface area contributed by atoms with Gasteiger partial charge in [-0.05, 0) is 43.0 Å². The molecule has 140 valence electrons. The summed E-state index contributed by atoms with van der Waals surface area (Å²) in [5.41, 5.74) is 3.46. The average Bonchev–Trinajstić information content (AvgIpc) is 3.16. The Labute approximate surface area is 164 Å². The number of halogens is 1. The zero-order valence-electron chi connectivity index (χ0n) is 15.4. The van der Waals surface area contributed by atoms with Crippen LogP contribution in [0.25, 0.3) is 0 Å². The van der Waals surface area contributed by atoms with Gasteiger partial charge in [0.25, 0.3) is 0 Å². The highest BCUT2D eigenvalue weighted by Gasteiger charge is 2.18. The van der Waals surface area contributed by atoms with E-state index in [1.807, 2.05) is 24.3 Å². The van der Waals surface area contributed by atoms with Crippen molar-refractivity contribution in [2.45, 2.75) is 39.0 Å². The second-order valence-electron chi connectivity index (χ2n) is 6.54. The molecular formula is C21H26BrNO3. The van der Waals surface area contributed by atoms with Crippen LogP contribution in [0.3, 0.4) is 0 Å². The van der Waals surface area contributed by atoms with Crippen LogP contribution in [0.4, 0.5) is 0 Å². The zero-order valence-corrected chi connectivity index (χ0v) is 17.0. The summed E-state index contributed by atoms with van der Waals surface area (Å²) in [5, 5.41) is 3.50. The van der Waals surface area contributed by atoms with Crippen LogP contribution in [0.15, 0.2) is 40.9 Å². The third kappa shape index (κ3) is 4.78. The number of methoxy groups -OCH3 is 1. The van der Waals surface area contributed by atoms with Crippen molar-refractivity contribution in [2.24, 2.45) is 0 Å². The minimum absolute atomic E-state index is 0.315. The van der Waals surface area contributed by atoms with Gasteiger partial charge in [-0.1, -0.05) is 40.2 Å². The molecule has 4 nitrogen and oxygen atoms in total. The van der Waals surface area contributed by atoms with Crippen molar-refractivity contribution < 1.29 is 14.2 Å². The van der Waals surface area contributed by atoms with Gasteiger partial charge in [-0.25, -0.2) is 0 Å². The summed E-state index contributed by atoms with van der Waals surface area (Å²) in [6.07, 6.45) is 2.60. The average molecular weight is 420 g/mol. The number of nitrogens with one attached hydrogen (secondary N) is 1. The normalized spacial score (nSPS) is 16.7. The first-order valence-electron chi connectivity index (χ1n) is 9.04. The Hall–Kier alpha value is -1.56. The number of benzene rings is 2. The topological polar surface area (TPSA) is 39.7 Å². The van der Waals surface area contributed by atoms with E-state index in [1.165, 1.54) is 11.1 Å². The second kappa shape index (κ2) is 9.40. The van der Waals surface area contributed by atoms with Crippen LogP contribution in [0.2, 0.25) is 0 Å². The maximum absolute atomic E-state index is 6.20. The van der Waals surface area contributed by atoms with Crippen molar-refractivity contribution in [3.8, 4) is 11.5 Å². The summed E-state index contributed by atoms with van der Waals surface area (Å²) in [7, 11) is 1.67. The Bertz CT molecular complexity index is 729. The van der Waals surface area contributed by atoms with Crippen molar-refractivity contribution in [1.82, 2.24) is 5.32 Å². The summed E-state index contributed by atoms with van der Waals surface area (Å²) in [4.78, 5) is 0. The Morgan fingerprint density at radius 3 is 2.81 bits per heavy atom. The number of aryl methyl sites for hydroxylation is 1. The van der Waals surface area contributed by atoms with Gasteiger partial charge in [0, 0.05) is 29.7 Å². The van der Waals surface area contributed by atoms with Gasteiger partial charge in [0.05, 0.1) is 13.2 Å². The third-order valence-electron chi connectivity index (χ3n) is 4.72. The summed E-state index contributed by atoms with van der Waals surface area (Å²) < 4.78 is 18.4. The van der Waals surface area contributed by atoms with Crippen LogP contribution in [-0.4, -0.2) is 26.4 Å². The summed E-state index contributed by atoms with van der Waals surface area (Å²) in [6.45, 7) is 5.03. The lowest BCUT2D eigenvalue weighted by atomic mass is 10.1. The Kier molecular flexibility index (Phi) is 6.94. The molecule has 26 heavy (non-hydrogen) atoms.